The Labute approximate surface area is 142 Å². The third-order valence-corrected chi connectivity index (χ3v) is 3.66. The molecule has 4 aromatic heterocycles. The highest BCUT2D eigenvalue weighted by Crippen LogP contribution is 2.22. The van der Waals surface area contributed by atoms with Gasteiger partial charge in [-0.15, -0.1) is 15.3 Å². The molecule has 0 fully saturated rings. The van der Waals surface area contributed by atoms with Crippen molar-refractivity contribution in [3.63, 3.8) is 0 Å². The topological polar surface area (TPSA) is 109 Å². The SMILES string of the molecule is CCc1cc2nnc(-c3cc(C)on3)n2nc1OCc1ncn(C)n1. The summed E-state index contributed by atoms with van der Waals surface area (Å²) >= 11 is 0. The van der Waals surface area contributed by atoms with Crippen LogP contribution in [0.3, 0.4) is 0 Å². The first-order valence-corrected chi connectivity index (χ1v) is 7.80. The number of rotatable bonds is 5. The molecule has 0 spiro atoms. The van der Waals surface area contributed by atoms with E-state index in [0.717, 1.165) is 12.0 Å². The van der Waals surface area contributed by atoms with Crippen LogP contribution in [0.4, 0.5) is 0 Å². The first-order valence-electron chi connectivity index (χ1n) is 7.80. The van der Waals surface area contributed by atoms with E-state index in [4.69, 9.17) is 9.26 Å². The number of aromatic nitrogens is 8. The van der Waals surface area contributed by atoms with Crippen LogP contribution >= 0.6 is 0 Å². The summed E-state index contributed by atoms with van der Waals surface area (Å²) in [5, 5.41) is 21.0. The monoisotopic (exact) mass is 340 g/mol. The van der Waals surface area contributed by atoms with E-state index in [1.54, 1.807) is 21.6 Å². The highest BCUT2D eigenvalue weighted by molar-refractivity contribution is 5.55. The lowest BCUT2D eigenvalue weighted by atomic mass is 10.2. The lowest BCUT2D eigenvalue weighted by Gasteiger charge is -2.08. The fourth-order valence-electron chi connectivity index (χ4n) is 2.44. The van der Waals surface area contributed by atoms with E-state index in [0.29, 0.717) is 34.6 Å². The molecule has 4 aromatic rings. The molecule has 0 saturated heterocycles. The van der Waals surface area contributed by atoms with E-state index in [-0.39, 0.29) is 6.61 Å². The van der Waals surface area contributed by atoms with E-state index in [1.807, 2.05) is 27.0 Å². The molecule has 0 amide bonds. The van der Waals surface area contributed by atoms with Gasteiger partial charge in [0.1, 0.15) is 12.1 Å². The van der Waals surface area contributed by atoms with Crippen LogP contribution in [0.2, 0.25) is 0 Å². The Balaban J connectivity index is 1.72. The Morgan fingerprint density at radius 3 is 2.76 bits per heavy atom. The zero-order valence-corrected chi connectivity index (χ0v) is 14.0. The van der Waals surface area contributed by atoms with Gasteiger partial charge >= 0.3 is 0 Å². The minimum Gasteiger partial charge on any atom is -0.468 e. The quantitative estimate of drug-likeness (QED) is 0.535. The Morgan fingerprint density at radius 2 is 2.08 bits per heavy atom. The molecule has 4 heterocycles. The van der Waals surface area contributed by atoms with Gasteiger partial charge < -0.3 is 9.26 Å². The molecule has 4 rings (SSSR count). The number of aryl methyl sites for hydroxylation is 3. The Kier molecular flexibility index (Phi) is 3.64. The van der Waals surface area contributed by atoms with Gasteiger partial charge in [0.2, 0.25) is 11.7 Å². The van der Waals surface area contributed by atoms with Gasteiger partial charge in [-0.25, -0.2) is 4.98 Å². The molecule has 0 radical (unpaired) electrons. The van der Waals surface area contributed by atoms with Crippen LogP contribution in [0.25, 0.3) is 17.2 Å². The van der Waals surface area contributed by atoms with Crippen LogP contribution < -0.4 is 4.74 Å². The van der Waals surface area contributed by atoms with Crippen LogP contribution in [0.5, 0.6) is 5.88 Å². The van der Waals surface area contributed by atoms with Crippen molar-refractivity contribution in [3.05, 3.63) is 35.6 Å². The van der Waals surface area contributed by atoms with Crippen molar-refractivity contribution in [2.45, 2.75) is 26.9 Å². The summed E-state index contributed by atoms with van der Waals surface area (Å²) in [7, 11) is 1.81. The zero-order chi connectivity index (χ0) is 17.4. The molecule has 0 N–H and O–H groups in total. The maximum atomic E-state index is 5.83. The average Bonchev–Trinajstić information content (AvgIpc) is 3.31. The molecule has 0 bridgehead atoms. The third-order valence-electron chi connectivity index (χ3n) is 3.66. The maximum absolute atomic E-state index is 5.83. The van der Waals surface area contributed by atoms with Gasteiger partial charge in [0.15, 0.2) is 23.8 Å². The lowest BCUT2D eigenvalue weighted by molar-refractivity contribution is 0.276. The molecule has 10 heteroatoms. The lowest BCUT2D eigenvalue weighted by Crippen LogP contribution is -2.06. The molecule has 10 nitrogen and oxygen atoms in total. The Morgan fingerprint density at radius 1 is 1.20 bits per heavy atom. The van der Waals surface area contributed by atoms with Crippen molar-refractivity contribution in [3.8, 4) is 17.4 Å². The fourth-order valence-corrected chi connectivity index (χ4v) is 2.44. The van der Waals surface area contributed by atoms with Crippen molar-refractivity contribution >= 4 is 5.65 Å². The number of fused-ring (bicyclic) bond motifs is 1. The van der Waals surface area contributed by atoms with E-state index in [2.05, 4.69) is 30.5 Å². The van der Waals surface area contributed by atoms with Crippen molar-refractivity contribution in [1.29, 1.82) is 0 Å². The van der Waals surface area contributed by atoms with Gasteiger partial charge in [0, 0.05) is 18.7 Å². The standard InChI is InChI=1S/C15H16N8O2/c1-4-10-6-13-17-18-14(11-5-9(2)25-21-11)23(13)20-15(10)24-7-12-16-8-22(3)19-12/h5-6,8H,4,7H2,1-3H3. The molecule has 0 aliphatic heterocycles. The minimum atomic E-state index is 0.229. The average molecular weight is 340 g/mol. The number of ether oxygens (including phenoxy) is 1. The Bertz CT molecular complexity index is 1030. The summed E-state index contributed by atoms with van der Waals surface area (Å²) in [6, 6.07) is 3.68. The second-order valence-corrected chi connectivity index (χ2v) is 5.57. The largest absolute Gasteiger partial charge is 0.468 e. The number of hydrogen-bond acceptors (Lipinski definition) is 8. The fraction of sp³-hybridized carbons (Fsp3) is 0.333. The minimum absolute atomic E-state index is 0.229. The number of nitrogens with zero attached hydrogens (tertiary/aromatic N) is 8. The number of hydrogen-bond donors (Lipinski definition) is 0. The maximum Gasteiger partial charge on any atom is 0.235 e. The first kappa shape index (κ1) is 15.2. The van der Waals surface area contributed by atoms with E-state index < -0.39 is 0 Å². The summed E-state index contributed by atoms with van der Waals surface area (Å²) in [5.74, 6) is 2.26. The van der Waals surface area contributed by atoms with Crippen LogP contribution in [0.15, 0.2) is 23.0 Å². The predicted molar refractivity (Wildman–Crippen MR) is 85.7 cm³/mol. The smallest absolute Gasteiger partial charge is 0.235 e. The molecule has 128 valence electrons. The normalized spacial score (nSPS) is 11.3. The van der Waals surface area contributed by atoms with Crippen LogP contribution in [-0.2, 0) is 20.1 Å². The van der Waals surface area contributed by atoms with E-state index in [9.17, 15) is 0 Å². The highest BCUT2D eigenvalue weighted by Gasteiger charge is 2.17. The summed E-state index contributed by atoms with van der Waals surface area (Å²) in [6.07, 6.45) is 2.38. The highest BCUT2D eigenvalue weighted by atomic mass is 16.5. The van der Waals surface area contributed by atoms with Crippen LogP contribution in [0.1, 0.15) is 24.1 Å². The van der Waals surface area contributed by atoms with Gasteiger partial charge in [-0.05, 0) is 19.4 Å². The van der Waals surface area contributed by atoms with E-state index >= 15 is 0 Å². The molecule has 0 atom stereocenters. The van der Waals surface area contributed by atoms with Crippen molar-refractivity contribution in [2.75, 3.05) is 0 Å². The third kappa shape index (κ3) is 2.82. The molecule has 0 aliphatic carbocycles. The van der Waals surface area contributed by atoms with Gasteiger partial charge in [-0.3, -0.25) is 4.68 Å². The predicted octanol–water partition coefficient (Wildman–Crippen LogP) is 1.36. The second-order valence-electron chi connectivity index (χ2n) is 5.57. The molecule has 0 aliphatic rings. The molecule has 0 aromatic carbocycles. The van der Waals surface area contributed by atoms with Crippen molar-refractivity contribution in [1.82, 2.24) is 39.7 Å². The summed E-state index contributed by atoms with van der Waals surface area (Å²) in [4.78, 5) is 4.15. The van der Waals surface area contributed by atoms with Crippen molar-refractivity contribution < 1.29 is 9.26 Å². The van der Waals surface area contributed by atoms with Gasteiger partial charge in [-0.1, -0.05) is 12.1 Å². The summed E-state index contributed by atoms with van der Waals surface area (Å²) in [6.45, 7) is 4.07. The Hall–Kier alpha value is -3.30. The first-order chi connectivity index (χ1) is 12.1. The molecular weight excluding hydrogens is 324 g/mol. The molecular formula is C15H16N8O2. The second kappa shape index (κ2) is 5.96. The van der Waals surface area contributed by atoms with Gasteiger partial charge in [-0.2, -0.15) is 9.61 Å². The summed E-state index contributed by atoms with van der Waals surface area (Å²) in [5.41, 5.74) is 2.12. The molecule has 0 saturated carbocycles. The van der Waals surface area contributed by atoms with Crippen LogP contribution in [-0.4, -0.2) is 39.7 Å². The molecule has 25 heavy (non-hydrogen) atoms. The molecule has 0 unspecified atom stereocenters. The van der Waals surface area contributed by atoms with Gasteiger partial charge in [0.25, 0.3) is 0 Å². The van der Waals surface area contributed by atoms with E-state index in [1.165, 1.54) is 0 Å². The van der Waals surface area contributed by atoms with Gasteiger partial charge in [0.05, 0.1) is 0 Å². The summed E-state index contributed by atoms with van der Waals surface area (Å²) < 4.78 is 14.2. The van der Waals surface area contributed by atoms with Crippen LogP contribution in [0, 0.1) is 6.92 Å². The zero-order valence-electron chi connectivity index (χ0n) is 14.0. The van der Waals surface area contributed by atoms with Crippen molar-refractivity contribution in [2.24, 2.45) is 7.05 Å².